The van der Waals surface area contributed by atoms with Crippen molar-refractivity contribution in [2.75, 3.05) is 13.2 Å². The first-order chi connectivity index (χ1) is 20.8. The smallest absolute Gasteiger partial charge is 0.455 e. The van der Waals surface area contributed by atoms with E-state index in [0.29, 0.717) is 37.7 Å². The van der Waals surface area contributed by atoms with Gasteiger partial charge in [0.2, 0.25) is 11.8 Å². The molecule has 11 heteroatoms. The molecule has 2 aliphatic heterocycles. The Kier molecular flexibility index (Phi) is 9.74. The van der Waals surface area contributed by atoms with E-state index in [-0.39, 0.29) is 49.9 Å². The van der Waals surface area contributed by atoms with Crippen molar-refractivity contribution in [3.63, 3.8) is 0 Å². The highest BCUT2D eigenvalue weighted by molar-refractivity contribution is 6.43. The Labute approximate surface area is 250 Å². The lowest BCUT2D eigenvalue weighted by atomic mass is 9.58. The van der Waals surface area contributed by atoms with E-state index in [1.54, 1.807) is 24.4 Å². The molecule has 5 rings (SSSR count). The number of aliphatic hydroxyl groups excluding tert-OH is 1. The first-order valence-electron chi connectivity index (χ1n) is 14.9. The van der Waals surface area contributed by atoms with Crippen LogP contribution < -0.4 is 0 Å². The van der Waals surface area contributed by atoms with Gasteiger partial charge < -0.3 is 25.0 Å². The molecule has 4 N–H and O–H groups in total. The number of hydrogen-bond donors (Lipinski definition) is 4. The lowest BCUT2D eigenvalue weighted by molar-refractivity contribution is -0.141. The number of aliphatic hydroxyl groups is 1. The second kappa shape index (κ2) is 13.7. The molecule has 0 saturated carbocycles. The average molecular weight is 588 g/mol. The van der Waals surface area contributed by atoms with Gasteiger partial charge in [0.15, 0.2) is 0 Å². The topological polar surface area (TPSA) is 157 Å². The predicted octanol–water partition coefficient (Wildman–Crippen LogP) is 3.54. The number of nitrogens with zero attached hydrogens (tertiary/aromatic N) is 2. The number of amides is 2. The number of fused-ring (bicyclic) bond motifs is 3. The molecule has 0 unspecified atom stereocenters. The van der Waals surface area contributed by atoms with E-state index in [9.17, 15) is 29.6 Å². The number of carbonyl (C=O) groups is 3. The molecule has 226 valence electrons. The molecule has 0 bridgehead atoms. The fourth-order valence-electron chi connectivity index (χ4n) is 6.85. The van der Waals surface area contributed by atoms with Gasteiger partial charge in [0.1, 0.15) is 5.75 Å². The van der Waals surface area contributed by atoms with E-state index in [2.05, 4.69) is 4.98 Å². The van der Waals surface area contributed by atoms with Crippen LogP contribution in [0.4, 0.5) is 0 Å². The number of aromatic hydroxyl groups is 1. The van der Waals surface area contributed by atoms with Crippen LogP contribution >= 0.6 is 0 Å². The molecule has 1 aromatic heterocycles. The molecule has 2 fully saturated rings. The van der Waals surface area contributed by atoms with E-state index >= 15 is 0 Å². The Hall–Kier alpha value is -3.80. The number of allylic oxidation sites excluding steroid dienone is 1. The molecule has 3 aliphatic rings. The van der Waals surface area contributed by atoms with Crippen molar-refractivity contribution >= 4 is 36.6 Å². The lowest BCUT2D eigenvalue weighted by Gasteiger charge is -2.43. The first-order valence-corrected chi connectivity index (χ1v) is 14.9. The summed E-state index contributed by atoms with van der Waals surface area (Å²) in [4.78, 5) is 43.6. The molecule has 2 saturated heterocycles. The molecule has 43 heavy (non-hydrogen) atoms. The first kappa shape index (κ1) is 30.7. The summed E-state index contributed by atoms with van der Waals surface area (Å²) in [6, 6.07) is 12.5. The standard InChI is InChI=1S/C32H37BN2O8/c36-19-22-17-24-30(32(41)35(31(24)40)14-5-1-2-10-28(38)39)25-18-33(42)43-27(29(22)25)12-11-21(26-9-3-4-13-34-26)15-20-7-6-8-23(37)16-20/h3-4,6-9,13,15-16,24-25,27,30,36-37,42H,1-2,5,10-12,14,17-19H2,(H,38,39)/b21-15-/t24-,25+,27-,30-/m1/s1. The van der Waals surface area contributed by atoms with Gasteiger partial charge in [-0.2, -0.15) is 0 Å². The fraction of sp³-hybridized carbons (Fsp3) is 0.438. The van der Waals surface area contributed by atoms with Crippen LogP contribution in [0.3, 0.4) is 0 Å². The normalized spacial score (nSPS) is 23.9. The van der Waals surface area contributed by atoms with Crippen LogP contribution in [0.1, 0.15) is 56.2 Å². The minimum Gasteiger partial charge on any atom is -0.508 e. The maximum atomic E-state index is 13.6. The Morgan fingerprint density at radius 1 is 1.07 bits per heavy atom. The van der Waals surface area contributed by atoms with Crippen LogP contribution in [0.5, 0.6) is 5.75 Å². The third-order valence-corrected chi connectivity index (χ3v) is 8.74. The van der Waals surface area contributed by atoms with Crippen LogP contribution in [0.25, 0.3) is 11.6 Å². The number of imide groups is 1. The van der Waals surface area contributed by atoms with Crippen molar-refractivity contribution < 1.29 is 39.4 Å². The zero-order chi connectivity index (χ0) is 30.5. The molecule has 0 radical (unpaired) electrons. The number of unbranched alkanes of at least 4 members (excludes halogenated alkanes) is 2. The second-order valence-electron chi connectivity index (χ2n) is 11.5. The van der Waals surface area contributed by atoms with Crippen LogP contribution in [-0.4, -0.2) is 74.4 Å². The van der Waals surface area contributed by atoms with E-state index in [1.165, 1.54) is 4.90 Å². The maximum Gasteiger partial charge on any atom is 0.455 e. The van der Waals surface area contributed by atoms with Crippen molar-refractivity contribution in [1.29, 1.82) is 0 Å². The van der Waals surface area contributed by atoms with Gasteiger partial charge in [-0.1, -0.05) is 24.6 Å². The highest BCUT2D eigenvalue weighted by atomic mass is 16.5. The zero-order valence-corrected chi connectivity index (χ0v) is 24.0. The minimum absolute atomic E-state index is 0.0483. The quantitative estimate of drug-likeness (QED) is 0.126. The summed E-state index contributed by atoms with van der Waals surface area (Å²) in [6.45, 7) is -0.0373. The zero-order valence-electron chi connectivity index (χ0n) is 24.0. The summed E-state index contributed by atoms with van der Waals surface area (Å²) >= 11 is 0. The summed E-state index contributed by atoms with van der Waals surface area (Å²) in [6.07, 6.45) is 6.10. The highest BCUT2D eigenvalue weighted by Crippen LogP contribution is 2.50. The summed E-state index contributed by atoms with van der Waals surface area (Å²) in [5, 5.41) is 40.0. The molecule has 10 nitrogen and oxygen atoms in total. The third-order valence-electron chi connectivity index (χ3n) is 8.74. The van der Waals surface area contributed by atoms with E-state index in [4.69, 9.17) is 9.76 Å². The number of rotatable bonds is 12. The number of carboxylic acids is 1. The van der Waals surface area contributed by atoms with E-state index < -0.39 is 36.9 Å². The number of pyridine rings is 1. The molecule has 1 aliphatic carbocycles. The number of aromatic nitrogens is 1. The minimum atomic E-state index is -1.13. The largest absolute Gasteiger partial charge is 0.508 e. The molecular weight excluding hydrogens is 551 g/mol. The van der Waals surface area contributed by atoms with Crippen LogP contribution in [0.15, 0.2) is 59.8 Å². The number of phenolic OH excluding ortho intramolecular Hbond substituents is 1. The summed E-state index contributed by atoms with van der Waals surface area (Å²) in [7, 11) is -1.13. The number of carbonyl (C=O) groups excluding carboxylic acids is 2. The Bertz CT molecular complexity index is 1410. The van der Waals surface area contributed by atoms with E-state index in [1.807, 2.05) is 30.3 Å². The van der Waals surface area contributed by atoms with Crippen molar-refractivity contribution in [1.82, 2.24) is 9.88 Å². The number of carboxylic acid groups (broad SMARTS) is 1. The molecule has 0 spiro atoms. The van der Waals surface area contributed by atoms with Crippen molar-refractivity contribution in [2.24, 2.45) is 17.8 Å². The Morgan fingerprint density at radius 3 is 2.63 bits per heavy atom. The number of likely N-dealkylation sites (tertiary alicyclic amines) is 1. The molecule has 2 aromatic rings. The number of hydrogen-bond acceptors (Lipinski definition) is 8. The number of aliphatic carboxylic acids is 1. The van der Waals surface area contributed by atoms with Crippen LogP contribution in [0.2, 0.25) is 6.32 Å². The number of benzene rings is 1. The van der Waals surface area contributed by atoms with Gasteiger partial charge in [0, 0.05) is 19.2 Å². The average Bonchev–Trinajstić information content (AvgIpc) is 3.23. The van der Waals surface area contributed by atoms with E-state index in [0.717, 1.165) is 22.4 Å². The highest BCUT2D eigenvalue weighted by Gasteiger charge is 2.57. The van der Waals surface area contributed by atoms with Gasteiger partial charge in [-0.3, -0.25) is 24.3 Å². The van der Waals surface area contributed by atoms with Crippen molar-refractivity contribution in [3.8, 4) is 5.75 Å². The lowest BCUT2D eigenvalue weighted by Crippen LogP contribution is -2.46. The van der Waals surface area contributed by atoms with Crippen molar-refractivity contribution in [2.45, 2.75) is 57.4 Å². The summed E-state index contributed by atoms with van der Waals surface area (Å²) in [5.74, 6) is -2.91. The van der Waals surface area contributed by atoms with Crippen molar-refractivity contribution in [3.05, 3.63) is 71.1 Å². The molecule has 1 aromatic carbocycles. The molecule has 2 amide bonds. The molecule has 4 atom stereocenters. The summed E-state index contributed by atoms with van der Waals surface area (Å²) < 4.78 is 6.03. The maximum absolute atomic E-state index is 13.6. The fourth-order valence-corrected chi connectivity index (χ4v) is 6.85. The second-order valence-corrected chi connectivity index (χ2v) is 11.5. The Balaban J connectivity index is 1.36. The SMILES string of the molecule is O=C(O)CCCCCN1C(=O)[C@@H]2[C@@H](CC(CO)=C3[C@@H](CC/C(=C/c4cccc(O)c4)c4ccccn4)OB(O)C[C@@H]32)C1=O. The Morgan fingerprint density at radius 2 is 1.91 bits per heavy atom. The van der Waals surface area contributed by atoms with Gasteiger partial charge >= 0.3 is 13.1 Å². The molecule has 3 heterocycles. The van der Waals surface area contributed by atoms with Gasteiger partial charge in [0.05, 0.1) is 30.2 Å². The van der Waals surface area contributed by atoms with Gasteiger partial charge in [-0.25, -0.2) is 0 Å². The monoisotopic (exact) mass is 588 g/mol. The van der Waals surface area contributed by atoms with Gasteiger partial charge in [-0.05, 0) is 97.0 Å². The third kappa shape index (κ3) is 6.90. The van der Waals surface area contributed by atoms with Gasteiger partial charge in [-0.15, -0.1) is 0 Å². The van der Waals surface area contributed by atoms with Crippen LogP contribution in [0, 0.1) is 17.8 Å². The number of phenols is 1. The van der Waals surface area contributed by atoms with Crippen LogP contribution in [-0.2, 0) is 19.0 Å². The molecular formula is C32H37BN2O8. The summed E-state index contributed by atoms with van der Waals surface area (Å²) in [5.41, 5.74) is 3.94. The van der Waals surface area contributed by atoms with Gasteiger partial charge in [0.25, 0.3) is 0 Å². The predicted molar refractivity (Wildman–Crippen MR) is 159 cm³/mol.